The van der Waals surface area contributed by atoms with Crippen molar-refractivity contribution in [2.75, 3.05) is 13.6 Å². The highest BCUT2D eigenvalue weighted by Gasteiger charge is 2.10. The molecule has 2 heteroatoms. The molecule has 0 saturated carbocycles. The fourth-order valence-corrected chi connectivity index (χ4v) is 2.63. The Bertz CT molecular complexity index is 411. The Labute approximate surface area is 104 Å². The molecule has 0 unspecified atom stereocenters. The second-order valence-electron chi connectivity index (χ2n) is 5.18. The first-order chi connectivity index (χ1) is 8.15. The van der Waals surface area contributed by atoms with Crippen molar-refractivity contribution in [3.63, 3.8) is 0 Å². The number of hydrogen-bond donors (Lipinski definition) is 0. The fourth-order valence-electron chi connectivity index (χ4n) is 2.63. The van der Waals surface area contributed by atoms with Crippen LogP contribution in [-0.2, 0) is 24.2 Å². The summed E-state index contributed by atoms with van der Waals surface area (Å²) in [6.45, 7) is 3.05. The van der Waals surface area contributed by atoms with E-state index in [-0.39, 0.29) is 5.78 Å². The Morgan fingerprint density at radius 3 is 2.65 bits per heavy atom. The van der Waals surface area contributed by atoms with Crippen LogP contribution in [0.3, 0.4) is 0 Å². The van der Waals surface area contributed by atoms with E-state index in [4.69, 9.17) is 0 Å². The van der Waals surface area contributed by atoms with Gasteiger partial charge in [0, 0.05) is 6.54 Å². The van der Waals surface area contributed by atoms with E-state index < -0.39 is 0 Å². The van der Waals surface area contributed by atoms with Crippen LogP contribution in [0.4, 0.5) is 0 Å². The van der Waals surface area contributed by atoms with Crippen molar-refractivity contribution < 1.29 is 4.79 Å². The van der Waals surface area contributed by atoms with Gasteiger partial charge in [-0.2, -0.15) is 0 Å². The highest BCUT2D eigenvalue weighted by Crippen LogP contribution is 2.22. The standard InChI is InChI=1S/C15H21NO/c1-12(17)10-16(2)11-13-7-8-14-5-3-4-6-15(14)9-13/h7-9H,3-6,10-11H2,1-2H3. The molecule has 1 aliphatic carbocycles. The molecule has 2 nitrogen and oxygen atoms in total. The summed E-state index contributed by atoms with van der Waals surface area (Å²) in [4.78, 5) is 13.1. The van der Waals surface area contributed by atoms with Gasteiger partial charge >= 0.3 is 0 Å². The van der Waals surface area contributed by atoms with E-state index in [9.17, 15) is 4.79 Å². The number of hydrogen-bond acceptors (Lipinski definition) is 2. The van der Waals surface area contributed by atoms with Crippen molar-refractivity contribution in [1.82, 2.24) is 4.90 Å². The molecule has 0 amide bonds. The van der Waals surface area contributed by atoms with E-state index in [0.717, 1.165) is 6.54 Å². The third kappa shape index (κ3) is 3.40. The molecule has 0 fully saturated rings. The summed E-state index contributed by atoms with van der Waals surface area (Å²) in [7, 11) is 2.00. The minimum atomic E-state index is 0.227. The first kappa shape index (κ1) is 12.3. The number of likely N-dealkylation sites (N-methyl/N-ethyl adjacent to an activating group) is 1. The maximum atomic E-state index is 11.0. The monoisotopic (exact) mass is 231 g/mol. The summed E-state index contributed by atoms with van der Waals surface area (Å²) >= 11 is 0. The topological polar surface area (TPSA) is 20.3 Å². The van der Waals surface area contributed by atoms with E-state index in [1.807, 2.05) is 7.05 Å². The minimum Gasteiger partial charge on any atom is -0.299 e. The van der Waals surface area contributed by atoms with Gasteiger partial charge < -0.3 is 0 Å². The van der Waals surface area contributed by atoms with Gasteiger partial charge in [0.1, 0.15) is 5.78 Å². The zero-order valence-corrected chi connectivity index (χ0v) is 10.8. The lowest BCUT2D eigenvalue weighted by molar-refractivity contribution is -0.117. The second-order valence-corrected chi connectivity index (χ2v) is 5.18. The molecule has 0 heterocycles. The summed E-state index contributed by atoms with van der Waals surface area (Å²) in [6, 6.07) is 6.80. The molecule has 0 aliphatic heterocycles. The Balaban J connectivity index is 2.04. The molecule has 0 saturated heterocycles. The summed E-state index contributed by atoms with van der Waals surface area (Å²) in [5, 5.41) is 0. The summed E-state index contributed by atoms with van der Waals surface area (Å²) in [6.07, 6.45) is 5.11. The molecule has 0 atom stereocenters. The average molecular weight is 231 g/mol. The lowest BCUT2D eigenvalue weighted by Crippen LogP contribution is -2.24. The van der Waals surface area contributed by atoms with Crippen molar-refractivity contribution >= 4 is 5.78 Å². The molecule has 1 aromatic rings. The molecule has 0 spiro atoms. The normalized spacial score (nSPS) is 14.8. The summed E-state index contributed by atoms with van der Waals surface area (Å²) < 4.78 is 0. The molecule has 1 aromatic carbocycles. The van der Waals surface area contributed by atoms with Crippen molar-refractivity contribution in [2.45, 2.75) is 39.2 Å². The molecule has 92 valence electrons. The smallest absolute Gasteiger partial charge is 0.143 e. The summed E-state index contributed by atoms with van der Waals surface area (Å²) in [5.74, 6) is 0.227. The van der Waals surface area contributed by atoms with Gasteiger partial charge in [0.15, 0.2) is 0 Å². The van der Waals surface area contributed by atoms with E-state index >= 15 is 0 Å². The van der Waals surface area contributed by atoms with E-state index in [0.29, 0.717) is 6.54 Å². The SMILES string of the molecule is CC(=O)CN(C)Cc1ccc2c(c1)CCCC2. The third-order valence-electron chi connectivity index (χ3n) is 3.36. The molecule has 0 bridgehead atoms. The first-order valence-corrected chi connectivity index (χ1v) is 6.44. The first-order valence-electron chi connectivity index (χ1n) is 6.44. The maximum Gasteiger partial charge on any atom is 0.143 e. The van der Waals surface area contributed by atoms with E-state index in [1.165, 1.54) is 42.4 Å². The fraction of sp³-hybridized carbons (Fsp3) is 0.533. The number of rotatable bonds is 4. The van der Waals surface area contributed by atoms with Crippen LogP contribution in [0.1, 0.15) is 36.5 Å². The second kappa shape index (κ2) is 5.46. The van der Waals surface area contributed by atoms with Crippen LogP contribution >= 0.6 is 0 Å². The predicted molar refractivity (Wildman–Crippen MR) is 70.1 cm³/mol. The Morgan fingerprint density at radius 1 is 1.24 bits per heavy atom. The van der Waals surface area contributed by atoms with Crippen molar-refractivity contribution in [2.24, 2.45) is 0 Å². The average Bonchev–Trinajstić information content (AvgIpc) is 2.27. The number of nitrogens with zero attached hydrogens (tertiary/aromatic N) is 1. The maximum absolute atomic E-state index is 11.0. The molecule has 0 aromatic heterocycles. The lowest BCUT2D eigenvalue weighted by Gasteiger charge is -2.19. The molecule has 0 radical (unpaired) electrons. The van der Waals surface area contributed by atoms with E-state index in [1.54, 1.807) is 6.92 Å². The van der Waals surface area contributed by atoms with Gasteiger partial charge in [-0.25, -0.2) is 0 Å². The van der Waals surface area contributed by atoms with Gasteiger partial charge in [-0.3, -0.25) is 9.69 Å². The minimum absolute atomic E-state index is 0.227. The highest BCUT2D eigenvalue weighted by molar-refractivity contribution is 5.77. The number of carbonyl (C=O) groups excluding carboxylic acids is 1. The summed E-state index contributed by atoms with van der Waals surface area (Å²) in [5.41, 5.74) is 4.37. The van der Waals surface area contributed by atoms with Gasteiger partial charge in [-0.15, -0.1) is 0 Å². The van der Waals surface area contributed by atoms with Crippen molar-refractivity contribution in [3.8, 4) is 0 Å². The zero-order valence-electron chi connectivity index (χ0n) is 10.8. The Hall–Kier alpha value is -1.15. The van der Waals surface area contributed by atoms with Crippen LogP contribution in [0.5, 0.6) is 0 Å². The van der Waals surface area contributed by atoms with Gasteiger partial charge in [-0.05, 0) is 56.3 Å². The third-order valence-corrected chi connectivity index (χ3v) is 3.36. The number of Topliss-reactive ketones (excluding diaryl/α,β-unsaturated/α-hetero) is 1. The largest absolute Gasteiger partial charge is 0.299 e. The molecule has 2 rings (SSSR count). The van der Waals surface area contributed by atoms with Gasteiger partial charge in [0.25, 0.3) is 0 Å². The van der Waals surface area contributed by atoms with Crippen molar-refractivity contribution in [1.29, 1.82) is 0 Å². The van der Waals surface area contributed by atoms with Crippen LogP contribution in [-0.4, -0.2) is 24.3 Å². The van der Waals surface area contributed by atoms with Crippen LogP contribution in [0.15, 0.2) is 18.2 Å². The van der Waals surface area contributed by atoms with Gasteiger partial charge in [0.05, 0.1) is 6.54 Å². The number of aryl methyl sites for hydroxylation is 2. The zero-order chi connectivity index (χ0) is 12.3. The molecule has 17 heavy (non-hydrogen) atoms. The number of carbonyl (C=O) groups is 1. The van der Waals surface area contributed by atoms with Crippen LogP contribution in [0, 0.1) is 0 Å². The Kier molecular flexibility index (Phi) is 3.95. The highest BCUT2D eigenvalue weighted by atomic mass is 16.1. The number of benzene rings is 1. The van der Waals surface area contributed by atoms with Gasteiger partial charge in [0.2, 0.25) is 0 Å². The predicted octanol–water partition coefficient (Wildman–Crippen LogP) is 2.59. The molecular formula is C15H21NO. The lowest BCUT2D eigenvalue weighted by atomic mass is 9.90. The molecule has 0 N–H and O–H groups in total. The van der Waals surface area contributed by atoms with Crippen LogP contribution in [0.2, 0.25) is 0 Å². The quantitative estimate of drug-likeness (QED) is 0.794. The van der Waals surface area contributed by atoms with Crippen LogP contribution < -0.4 is 0 Å². The van der Waals surface area contributed by atoms with E-state index in [2.05, 4.69) is 23.1 Å². The van der Waals surface area contributed by atoms with Crippen molar-refractivity contribution in [3.05, 3.63) is 34.9 Å². The number of fused-ring (bicyclic) bond motifs is 1. The molecule has 1 aliphatic rings. The van der Waals surface area contributed by atoms with Crippen LogP contribution in [0.25, 0.3) is 0 Å². The molecular weight excluding hydrogens is 210 g/mol. The Morgan fingerprint density at radius 2 is 1.94 bits per heavy atom. The number of ketones is 1. The van der Waals surface area contributed by atoms with Gasteiger partial charge in [-0.1, -0.05) is 18.2 Å².